The van der Waals surface area contributed by atoms with Gasteiger partial charge in [0.25, 0.3) is 0 Å². The number of carboxylic acids is 1. The van der Waals surface area contributed by atoms with E-state index in [1.54, 1.807) is 0 Å². The largest absolute Gasteiger partial charge is 0.481 e. The zero-order valence-electron chi connectivity index (χ0n) is 10.0. The lowest BCUT2D eigenvalue weighted by Gasteiger charge is -2.30. The molecular formula is C13H23NO2. The molecule has 1 unspecified atom stereocenters. The van der Waals surface area contributed by atoms with Crippen molar-refractivity contribution in [1.29, 1.82) is 0 Å². The molecule has 3 heteroatoms. The third-order valence-corrected chi connectivity index (χ3v) is 4.13. The summed E-state index contributed by atoms with van der Waals surface area (Å²) in [4.78, 5) is 13.2. The molecule has 0 bridgehead atoms. The van der Waals surface area contributed by atoms with E-state index in [2.05, 4.69) is 4.90 Å². The van der Waals surface area contributed by atoms with Crippen molar-refractivity contribution in [2.75, 3.05) is 13.1 Å². The second-order valence-electron chi connectivity index (χ2n) is 5.39. The van der Waals surface area contributed by atoms with Gasteiger partial charge in [-0.2, -0.15) is 0 Å². The number of carbonyl (C=O) groups is 1. The van der Waals surface area contributed by atoms with Gasteiger partial charge in [-0.25, -0.2) is 0 Å². The van der Waals surface area contributed by atoms with Crippen LogP contribution in [0.25, 0.3) is 0 Å². The molecule has 2 fully saturated rings. The summed E-state index contributed by atoms with van der Waals surface area (Å²) >= 11 is 0. The summed E-state index contributed by atoms with van der Waals surface area (Å²) < 4.78 is 0. The second kappa shape index (κ2) is 5.67. The monoisotopic (exact) mass is 225 g/mol. The minimum Gasteiger partial charge on any atom is -0.481 e. The Balaban J connectivity index is 1.80. The predicted octanol–water partition coefficient (Wildman–Crippen LogP) is 2.51. The number of aliphatic carboxylic acids is 1. The van der Waals surface area contributed by atoms with E-state index in [1.807, 2.05) is 0 Å². The highest BCUT2D eigenvalue weighted by atomic mass is 16.4. The first-order valence-electron chi connectivity index (χ1n) is 6.71. The fraction of sp³-hybridized carbons (Fsp3) is 0.923. The molecule has 1 N–H and O–H groups in total. The molecule has 92 valence electrons. The van der Waals surface area contributed by atoms with Crippen LogP contribution in [-0.2, 0) is 4.79 Å². The van der Waals surface area contributed by atoms with E-state index in [4.69, 9.17) is 5.11 Å². The van der Waals surface area contributed by atoms with Gasteiger partial charge in [0.15, 0.2) is 0 Å². The van der Waals surface area contributed by atoms with E-state index in [9.17, 15) is 4.79 Å². The van der Waals surface area contributed by atoms with Gasteiger partial charge >= 0.3 is 5.97 Å². The number of carboxylic acid groups (broad SMARTS) is 1. The molecule has 1 atom stereocenters. The Bertz CT molecular complexity index is 236. The van der Waals surface area contributed by atoms with Crippen molar-refractivity contribution in [3.8, 4) is 0 Å². The van der Waals surface area contributed by atoms with E-state index >= 15 is 0 Å². The van der Waals surface area contributed by atoms with Crippen molar-refractivity contribution in [1.82, 2.24) is 4.90 Å². The van der Waals surface area contributed by atoms with Gasteiger partial charge in [0.05, 0.1) is 6.42 Å². The molecule has 2 aliphatic rings. The fourth-order valence-electron chi connectivity index (χ4n) is 3.27. The molecule has 0 aromatic heterocycles. The van der Waals surface area contributed by atoms with Gasteiger partial charge in [0, 0.05) is 12.6 Å². The van der Waals surface area contributed by atoms with E-state index < -0.39 is 5.97 Å². The first kappa shape index (κ1) is 11.9. The average Bonchev–Trinajstić information content (AvgIpc) is 2.66. The molecule has 1 saturated heterocycles. The van der Waals surface area contributed by atoms with Crippen LogP contribution < -0.4 is 0 Å². The molecule has 0 radical (unpaired) electrons. The summed E-state index contributed by atoms with van der Waals surface area (Å²) in [7, 11) is 0. The molecule has 1 saturated carbocycles. The van der Waals surface area contributed by atoms with Crippen LogP contribution in [0.15, 0.2) is 0 Å². The number of likely N-dealkylation sites (tertiary alicyclic amines) is 1. The van der Waals surface area contributed by atoms with Crippen molar-refractivity contribution in [2.45, 2.75) is 57.4 Å². The van der Waals surface area contributed by atoms with Crippen LogP contribution in [0.2, 0.25) is 0 Å². The Hall–Kier alpha value is -0.570. The standard InChI is InChI=1S/C13H23NO2/c15-13(16)9-12-7-4-8-14(12)10-11-5-2-1-3-6-11/h11-12H,1-10H2,(H,15,16). The zero-order chi connectivity index (χ0) is 11.4. The smallest absolute Gasteiger partial charge is 0.304 e. The van der Waals surface area contributed by atoms with E-state index in [0.29, 0.717) is 12.5 Å². The molecule has 3 nitrogen and oxygen atoms in total. The van der Waals surface area contributed by atoms with Gasteiger partial charge < -0.3 is 5.11 Å². The third kappa shape index (κ3) is 3.21. The van der Waals surface area contributed by atoms with Crippen LogP contribution in [0.3, 0.4) is 0 Å². The molecule has 1 aliphatic carbocycles. The van der Waals surface area contributed by atoms with E-state index in [0.717, 1.165) is 25.4 Å². The minimum atomic E-state index is -0.638. The molecular weight excluding hydrogens is 202 g/mol. The lowest BCUT2D eigenvalue weighted by molar-refractivity contribution is -0.138. The number of rotatable bonds is 4. The van der Waals surface area contributed by atoms with Crippen molar-refractivity contribution in [3.05, 3.63) is 0 Å². The molecule has 0 spiro atoms. The first-order valence-corrected chi connectivity index (χ1v) is 6.71. The molecule has 2 rings (SSSR count). The lowest BCUT2D eigenvalue weighted by atomic mass is 9.89. The summed E-state index contributed by atoms with van der Waals surface area (Å²) in [6.07, 6.45) is 9.47. The molecule has 0 amide bonds. The fourth-order valence-corrected chi connectivity index (χ4v) is 3.27. The Kier molecular flexibility index (Phi) is 4.22. The predicted molar refractivity (Wildman–Crippen MR) is 63.4 cm³/mol. The third-order valence-electron chi connectivity index (χ3n) is 4.13. The van der Waals surface area contributed by atoms with Crippen LogP contribution in [-0.4, -0.2) is 35.1 Å². The molecule has 1 aliphatic heterocycles. The number of nitrogens with zero attached hydrogens (tertiary/aromatic N) is 1. The van der Waals surface area contributed by atoms with Crippen LogP contribution in [0.4, 0.5) is 0 Å². The van der Waals surface area contributed by atoms with Gasteiger partial charge in [-0.05, 0) is 38.1 Å². The van der Waals surface area contributed by atoms with Crippen LogP contribution in [0.5, 0.6) is 0 Å². The van der Waals surface area contributed by atoms with Crippen molar-refractivity contribution in [3.63, 3.8) is 0 Å². The molecule has 0 aromatic carbocycles. The Morgan fingerprint density at radius 2 is 1.88 bits per heavy atom. The van der Waals surface area contributed by atoms with Crippen LogP contribution >= 0.6 is 0 Å². The molecule has 1 heterocycles. The highest BCUT2D eigenvalue weighted by molar-refractivity contribution is 5.67. The topological polar surface area (TPSA) is 40.5 Å². The average molecular weight is 225 g/mol. The highest BCUT2D eigenvalue weighted by Crippen LogP contribution is 2.28. The Morgan fingerprint density at radius 3 is 2.56 bits per heavy atom. The second-order valence-corrected chi connectivity index (χ2v) is 5.39. The van der Waals surface area contributed by atoms with Gasteiger partial charge in [-0.1, -0.05) is 19.3 Å². The molecule has 16 heavy (non-hydrogen) atoms. The lowest BCUT2D eigenvalue weighted by Crippen LogP contribution is -2.36. The molecule has 0 aromatic rings. The maximum atomic E-state index is 10.8. The maximum absolute atomic E-state index is 10.8. The Morgan fingerprint density at radius 1 is 1.12 bits per heavy atom. The summed E-state index contributed by atoms with van der Waals surface area (Å²) in [5.41, 5.74) is 0. The Labute approximate surface area is 97.8 Å². The number of hydrogen-bond acceptors (Lipinski definition) is 2. The van der Waals surface area contributed by atoms with Gasteiger partial charge in [-0.15, -0.1) is 0 Å². The first-order chi connectivity index (χ1) is 7.75. The van der Waals surface area contributed by atoms with Crippen molar-refractivity contribution in [2.24, 2.45) is 5.92 Å². The highest BCUT2D eigenvalue weighted by Gasteiger charge is 2.28. The normalized spacial score (nSPS) is 28.4. The summed E-state index contributed by atoms with van der Waals surface area (Å²) in [5.74, 6) is 0.198. The zero-order valence-corrected chi connectivity index (χ0v) is 10.0. The summed E-state index contributed by atoms with van der Waals surface area (Å²) in [6.45, 7) is 2.27. The maximum Gasteiger partial charge on any atom is 0.304 e. The van der Waals surface area contributed by atoms with Crippen LogP contribution in [0.1, 0.15) is 51.4 Å². The van der Waals surface area contributed by atoms with Gasteiger partial charge in [0.2, 0.25) is 0 Å². The van der Waals surface area contributed by atoms with Gasteiger partial charge in [-0.3, -0.25) is 9.69 Å². The minimum absolute atomic E-state index is 0.319. The van der Waals surface area contributed by atoms with Crippen molar-refractivity contribution >= 4 is 5.97 Å². The summed E-state index contributed by atoms with van der Waals surface area (Å²) in [6, 6.07) is 0.319. The quantitative estimate of drug-likeness (QED) is 0.799. The van der Waals surface area contributed by atoms with E-state index in [1.165, 1.54) is 38.5 Å². The van der Waals surface area contributed by atoms with Gasteiger partial charge in [0.1, 0.15) is 0 Å². The number of hydrogen-bond donors (Lipinski definition) is 1. The van der Waals surface area contributed by atoms with Crippen LogP contribution in [0, 0.1) is 5.92 Å². The van der Waals surface area contributed by atoms with Crippen molar-refractivity contribution < 1.29 is 9.90 Å². The van der Waals surface area contributed by atoms with E-state index in [-0.39, 0.29) is 0 Å². The summed E-state index contributed by atoms with van der Waals surface area (Å²) in [5, 5.41) is 8.87. The SMILES string of the molecule is O=C(O)CC1CCCN1CC1CCCCC1.